The Bertz CT molecular complexity index is 549. The molecule has 1 amide bonds. The van der Waals surface area contributed by atoms with E-state index in [1.807, 2.05) is 20.8 Å². The largest absolute Gasteiger partial charge is 0.444 e. The number of alkyl carbamates (subject to hydrolysis) is 1. The van der Waals surface area contributed by atoms with Crippen LogP contribution in [0.15, 0.2) is 4.99 Å². The van der Waals surface area contributed by atoms with Gasteiger partial charge in [-0.05, 0) is 54.0 Å². The average Bonchev–Trinajstić information content (AvgIpc) is 2.73. The van der Waals surface area contributed by atoms with Crippen molar-refractivity contribution in [2.45, 2.75) is 85.4 Å². The summed E-state index contributed by atoms with van der Waals surface area (Å²) < 4.78 is 5.47. The van der Waals surface area contributed by atoms with E-state index >= 15 is 0 Å². The molecule has 8 heteroatoms. The van der Waals surface area contributed by atoms with Crippen molar-refractivity contribution in [3.63, 3.8) is 0 Å². The zero-order valence-corrected chi connectivity index (χ0v) is 21.3. The van der Waals surface area contributed by atoms with Crippen molar-refractivity contribution in [2.24, 2.45) is 4.99 Å². The number of aliphatic imine (C=N–C) groups is 1. The first kappa shape index (κ1) is 27.5. The number of amides is 1. The van der Waals surface area contributed by atoms with Crippen molar-refractivity contribution < 1.29 is 9.53 Å². The fourth-order valence-electron chi connectivity index (χ4n) is 3.68. The Morgan fingerprint density at radius 2 is 1.65 bits per heavy atom. The molecule has 1 heterocycles. The number of carbonyl (C=O) groups is 1. The highest BCUT2D eigenvalue weighted by atomic mass is 16.6. The number of hydrogen-bond donors (Lipinski definition) is 3. The molecule has 8 nitrogen and oxygen atoms in total. The summed E-state index contributed by atoms with van der Waals surface area (Å²) in [5.41, 5.74) is -0.942. The van der Waals surface area contributed by atoms with Crippen molar-refractivity contribution in [1.82, 2.24) is 25.8 Å². The van der Waals surface area contributed by atoms with Crippen LogP contribution in [0.4, 0.5) is 4.79 Å². The van der Waals surface area contributed by atoms with Gasteiger partial charge in [0.1, 0.15) is 5.60 Å². The van der Waals surface area contributed by atoms with Crippen molar-refractivity contribution in [1.29, 1.82) is 0 Å². The molecule has 0 bridgehead atoms. The number of guanidine groups is 1. The summed E-state index contributed by atoms with van der Waals surface area (Å²) in [6, 6.07) is 0.435. The molecule has 1 fully saturated rings. The van der Waals surface area contributed by atoms with Crippen molar-refractivity contribution in [3.05, 3.63) is 0 Å². The van der Waals surface area contributed by atoms with Crippen LogP contribution in [0.1, 0.15) is 68.2 Å². The van der Waals surface area contributed by atoms with Crippen molar-refractivity contribution in [2.75, 3.05) is 52.4 Å². The first-order chi connectivity index (χ1) is 14.6. The Labute approximate surface area is 190 Å². The van der Waals surface area contributed by atoms with E-state index in [4.69, 9.17) is 9.73 Å². The Hall–Kier alpha value is -1.54. The summed E-state index contributed by atoms with van der Waals surface area (Å²) in [5.74, 6) is 0.791. The lowest BCUT2D eigenvalue weighted by molar-refractivity contribution is 0.0452. The van der Waals surface area contributed by atoms with Gasteiger partial charge in [0.2, 0.25) is 0 Å². The molecular weight excluding hydrogens is 392 g/mol. The summed E-state index contributed by atoms with van der Waals surface area (Å²) in [4.78, 5) is 22.2. The van der Waals surface area contributed by atoms with Gasteiger partial charge in [-0.2, -0.15) is 0 Å². The molecule has 0 saturated carbocycles. The van der Waals surface area contributed by atoms with E-state index in [0.717, 1.165) is 64.6 Å². The van der Waals surface area contributed by atoms with Crippen LogP contribution in [0.5, 0.6) is 0 Å². The van der Waals surface area contributed by atoms with Crippen LogP contribution >= 0.6 is 0 Å². The van der Waals surface area contributed by atoms with Crippen molar-refractivity contribution >= 4 is 12.1 Å². The molecule has 0 aliphatic carbocycles. The zero-order valence-electron chi connectivity index (χ0n) is 21.3. The van der Waals surface area contributed by atoms with E-state index < -0.39 is 11.1 Å². The molecule has 0 aromatic heterocycles. The maximum Gasteiger partial charge on any atom is 0.408 e. The minimum atomic E-state index is -0.518. The molecule has 1 rings (SSSR count). The number of hydrogen-bond acceptors (Lipinski definition) is 5. The topological polar surface area (TPSA) is 81.2 Å². The molecule has 1 aliphatic heterocycles. The zero-order chi connectivity index (χ0) is 23.5. The van der Waals surface area contributed by atoms with Gasteiger partial charge in [-0.3, -0.25) is 9.89 Å². The molecule has 0 aromatic rings. The number of nitrogens with one attached hydrogen (secondary N) is 3. The summed E-state index contributed by atoms with van der Waals surface area (Å²) >= 11 is 0. The maximum absolute atomic E-state index is 12.4. The second kappa shape index (κ2) is 13.1. The third-order valence-corrected chi connectivity index (χ3v) is 6.05. The normalized spacial score (nSPS) is 17.9. The van der Waals surface area contributed by atoms with E-state index in [2.05, 4.69) is 60.4 Å². The van der Waals surface area contributed by atoms with E-state index in [-0.39, 0.29) is 6.09 Å². The molecule has 1 saturated heterocycles. The minimum Gasteiger partial charge on any atom is -0.444 e. The number of rotatable bonds is 10. The second-order valence-corrected chi connectivity index (χ2v) is 9.51. The molecule has 3 N–H and O–H groups in total. The third kappa shape index (κ3) is 10.1. The monoisotopic (exact) mass is 440 g/mol. The van der Waals surface area contributed by atoms with Gasteiger partial charge in [0.25, 0.3) is 0 Å². The first-order valence-corrected chi connectivity index (χ1v) is 12.1. The molecule has 182 valence electrons. The van der Waals surface area contributed by atoms with Crippen LogP contribution in [-0.2, 0) is 4.74 Å². The minimum absolute atomic E-state index is 0.385. The lowest BCUT2D eigenvalue weighted by Crippen LogP contribution is -2.54. The standard InChI is InChI=1S/C23H48N6O2/c1-9-23(10-2,27-21(30)31-22(6,7)8)18-26-20(24-11-3)25-17-19(5)29-15-13-28(12-4)14-16-29/h19H,9-18H2,1-8H3,(H,27,30)(H2,24,25,26). The fraction of sp³-hybridized carbons (Fsp3) is 0.913. The molecule has 0 radical (unpaired) electrons. The van der Waals surface area contributed by atoms with Crippen molar-refractivity contribution in [3.8, 4) is 0 Å². The van der Waals surface area contributed by atoms with Crippen LogP contribution in [0, 0.1) is 0 Å². The highest BCUT2D eigenvalue weighted by Crippen LogP contribution is 2.17. The smallest absolute Gasteiger partial charge is 0.408 e. The molecular formula is C23H48N6O2. The van der Waals surface area contributed by atoms with Gasteiger partial charge in [0.05, 0.1) is 12.1 Å². The predicted molar refractivity (Wildman–Crippen MR) is 130 cm³/mol. The maximum atomic E-state index is 12.4. The number of ether oxygens (including phenoxy) is 1. The Morgan fingerprint density at radius 3 is 2.13 bits per heavy atom. The van der Waals surface area contributed by atoms with Gasteiger partial charge >= 0.3 is 6.09 Å². The van der Waals surface area contributed by atoms with Crippen LogP contribution in [0.3, 0.4) is 0 Å². The lowest BCUT2D eigenvalue weighted by Gasteiger charge is -2.37. The van der Waals surface area contributed by atoms with Crippen LogP contribution in [0.25, 0.3) is 0 Å². The fourth-order valence-corrected chi connectivity index (χ4v) is 3.68. The van der Waals surface area contributed by atoms with E-state index in [1.165, 1.54) is 0 Å². The van der Waals surface area contributed by atoms with Gasteiger partial charge in [-0.25, -0.2) is 4.79 Å². The molecule has 1 atom stereocenters. The first-order valence-electron chi connectivity index (χ1n) is 12.1. The molecule has 0 spiro atoms. The van der Waals surface area contributed by atoms with Gasteiger partial charge in [-0.15, -0.1) is 0 Å². The quantitative estimate of drug-likeness (QED) is 0.358. The average molecular weight is 441 g/mol. The molecule has 1 unspecified atom stereocenters. The van der Waals surface area contributed by atoms with Gasteiger partial charge in [-0.1, -0.05) is 20.8 Å². The summed E-state index contributed by atoms with van der Waals surface area (Å²) in [5, 5.41) is 9.91. The van der Waals surface area contributed by atoms with Crippen LogP contribution in [-0.4, -0.2) is 91.4 Å². The number of carbonyl (C=O) groups excluding carboxylic acids is 1. The summed E-state index contributed by atoms with van der Waals surface area (Å²) in [6.45, 7) is 24.1. The number of nitrogens with zero attached hydrogens (tertiary/aromatic N) is 3. The third-order valence-electron chi connectivity index (χ3n) is 6.05. The van der Waals surface area contributed by atoms with Gasteiger partial charge in [0.15, 0.2) is 5.96 Å². The van der Waals surface area contributed by atoms with Crippen LogP contribution < -0.4 is 16.0 Å². The molecule has 1 aliphatic rings. The molecule has 0 aromatic carbocycles. The number of likely N-dealkylation sites (N-methyl/N-ethyl adjacent to an activating group) is 1. The van der Waals surface area contributed by atoms with E-state index in [1.54, 1.807) is 0 Å². The van der Waals surface area contributed by atoms with E-state index in [0.29, 0.717) is 12.6 Å². The Balaban J connectivity index is 2.69. The van der Waals surface area contributed by atoms with E-state index in [9.17, 15) is 4.79 Å². The Kier molecular flexibility index (Phi) is 11.6. The summed E-state index contributed by atoms with van der Waals surface area (Å²) in [6.07, 6.45) is 1.18. The second-order valence-electron chi connectivity index (χ2n) is 9.51. The summed E-state index contributed by atoms with van der Waals surface area (Å²) in [7, 11) is 0. The van der Waals surface area contributed by atoms with Crippen LogP contribution in [0.2, 0.25) is 0 Å². The highest BCUT2D eigenvalue weighted by molar-refractivity contribution is 5.80. The SMILES string of the molecule is CCNC(=NCC(CC)(CC)NC(=O)OC(C)(C)C)NCC(C)N1CCN(CC)CC1. The highest BCUT2D eigenvalue weighted by Gasteiger charge is 2.30. The lowest BCUT2D eigenvalue weighted by atomic mass is 9.93. The predicted octanol–water partition coefficient (Wildman–Crippen LogP) is 2.65. The van der Waals surface area contributed by atoms with Gasteiger partial charge in [0, 0.05) is 45.3 Å². The Morgan fingerprint density at radius 1 is 1.03 bits per heavy atom. The number of piperazine rings is 1. The van der Waals surface area contributed by atoms with Gasteiger partial charge < -0.3 is 25.6 Å². The molecule has 31 heavy (non-hydrogen) atoms.